The number of nitrogens with one attached hydrogen (secondary N) is 1. The summed E-state index contributed by atoms with van der Waals surface area (Å²) in [5.74, 6) is 0. The quantitative estimate of drug-likeness (QED) is 0.609. The molecule has 1 aliphatic rings. The minimum absolute atomic E-state index is 0.600. The number of rotatable bonds is 9. The number of ether oxygens (including phenoxy) is 1. The predicted molar refractivity (Wildman–Crippen MR) is 69.8 cm³/mol. The molecule has 0 saturated heterocycles. The van der Waals surface area contributed by atoms with Crippen LogP contribution in [0.4, 0.5) is 0 Å². The summed E-state index contributed by atoms with van der Waals surface area (Å²) in [5.41, 5.74) is 0. The normalized spacial score (nSPS) is 17.4. The van der Waals surface area contributed by atoms with Crippen LogP contribution in [0.5, 0.6) is 0 Å². The number of hydrogen-bond acceptors (Lipinski definition) is 2. The second kappa shape index (κ2) is 9.00. The zero-order valence-corrected chi connectivity index (χ0v) is 11.1. The molecule has 2 heteroatoms. The van der Waals surface area contributed by atoms with Gasteiger partial charge in [0.15, 0.2) is 0 Å². The van der Waals surface area contributed by atoms with Crippen molar-refractivity contribution in [3.05, 3.63) is 0 Å². The van der Waals surface area contributed by atoms with Crippen molar-refractivity contribution in [2.75, 3.05) is 13.2 Å². The molecule has 0 aromatic heterocycles. The van der Waals surface area contributed by atoms with Gasteiger partial charge in [-0.2, -0.15) is 0 Å². The van der Waals surface area contributed by atoms with Crippen LogP contribution in [0.1, 0.15) is 65.2 Å². The van der Waals surface area contributed by atoms with E-state index in [2.05, 4.69) is 19.2 Å². The molecular weight excluding hydrogens is 198 g/mol. The van der Waals surface area contributed by atoms with E-state index in [9.17, 15) is 0 Å². The van der Waals surface area contributed by atoms with Gasteiger partial charge in [0.2, 0.25) is 0 Å². The molecule has 0 heterocycles. The predicted octanol–water partition coefficient (Wildman–Crippen LogP) is 3.50. The van der Waals surface area contributed by atoms with E-state index in [0.29, 0.717) is 12.1 Å². The van der Waals surface area contributed by atoms with Crippen LogP contribution in [0.25, 0.3) is 0 Å². The van der Waals surface area contributed by atoms with Gasteiger partial charge in [-0.3, -0.25) is 0 Å². The second-order valence-corrected chi connectivity index (χ2v) is 5.30. The molecule has 1 saturated carbocycles. The molecule has 0 aliphatic heterocycles. The van der Waals surface area contributed by atoms with Crippen molar-refractivity contribution in [1.29, 1.82) is 0 Å². The van der Waals surface area contributed by atoms with E-state index in [0.717, 1.165) is 6.61 Å². The largest absolute Gasteiger partial charge is 0.378 e. The summed E-state index contributed by atoms with van der Waals surface area (Å²) in [6.45, 7) is 6.56. The highest BCUT2D eigenvalue weighted by Crippen LogP contribution is 2.21. The average Bonchev–Trinajstić information content (AvgIpc) is 2.74. The van der Waals surface area contributed by atoms with Crippen molar-refractivity contribution >= 4 is 0 Å². The zero-order valence-electron chi connectivity index (χ0n) is 11.1. The third-order valence-electron chi connectivity index (χ3n) is 3.28. The summed E-state index contributed by atoms with van der Waals surface area (Å²) in [6, 6.07) is 0.630. The van der Waals surface area contributed by atoms with Crippen molar-refractivity contribution in [2.45, 2.75) is 77.4 Å². The Morgan fingerprint density at radius 3 is 2.44 bits per heavy atom. The molecule has 1 rings (SSSR count). The van der Waals surface area contributed by atoms with Gasteiger partial charge in [-0.05, 0) is 32.2 Å². The lowest BCUT2D eigenvalue weighted by Crippen LogP contribution is -2.23. The van der Waals surface area contributed by atoms with Crippen LogP contribution in [0.15, 0.2) is 0 Å². The van der Waals surface area contributed by atoms with Gasteiger partial charge in [0.05, 0.1) is 6.10 Å². The Kier molecular flexibility index (Phi) is 7.87. The van der Waals surface area contributed by atoms with Crippen molar-refractivity contribution < 1.29 is 4.74 Å². The van der Waals surface area contributed by atoms with Crippen LogP contribution in [0, 0.1) is 0 Å². The van der Waals surface area contributed by atoms with Crippen molar-refractivity contribution in [1.82, 2.24) is 5.32 Å². The first-order valence-corrected chi connectivity index (χ1v) is 7.14. The minimum Gasteiger partial charge on any atom is -0.378 e. The molecule has 16 heavy (non-hydrogen) atoms. The molecule has 0 aromatic rings. The Balaban J connectivity index is 1.74. The van der Waals surface area contributed by atoms with E-state index in [1.165, 1.54) is 57.9 Å². The van der Waals surface area contributed by atoms with E-state index in [1.54, 1.807) is 0 Å². The lowest BCUT2D eigenvalue weighted by atomic mass is 10.2. The van der Waals surface area contributed by atoms with E-state index in [4.69, 9.17) is 4.74 Å². The maximum atomic E-state index is 5.83. The fourth-order valence-electron chi connectivity index (χ4n) is 2.28. The monoisotopic (exact) mass is 227 g/mol. The smallest absolute Gasteiger partial charge is 0.0575 e. The zero-order chi connectivity index (χ0) is 11.6. The molecule has 0 radical (unpaired) electrons. The summed E-state index contributed by atoms with van der Waals surface area (Å²) in [6.07, 6.45) is 11.2. The molecule has 1 N–H and O–H groups in total. The van der Waals surface area contributed by atoms with Gasteiger partial charge in [0, 0.05) is 12.6 Å². The summed E-state index contributed by atoms with van der Waals surface area (Å²) in [4.78, 5) is 0. The highest BCUT2D eigenvalue weighted by molar-refractivity contribution is 4.66. The van der Waals surface area contributed by atoms with Gasteiger partial charge >= 0.3 is 0 Å². The SMILES string of the molecule is CC(C)NCCCCCCOC1CCCC1. The minimum atomic E-state index is 0.600. The Morgan fingerprint density at radius 2 is 1.75 bits per heavy atom. The summed E-state index contributed by atoms with van der Waals surface area (Å²) < 4.78 is 5.83. The second-order valence-electron chi connectivity index (χ2n) is 5.30. The average molecular weight is 227 g/mol. The van der Waals surface area contributed by atoms with Gasteiger partial charge < -0.3 is 10.1 Å². The van der Waals surface area contributed by atoms with E-state index >= 15 is 0 Å². The maximum Gasteiger partial charge on any atom is 0.0575 e. The van der Waals surface area contributed by atoms with Gasteiger partial charge in [0.1, 0.15) is 0 Å². The topological polar surface area (TPSA) is 21.3 Å². The van der Waals surface area contributed by atoms with E-state index in [-0.39, 0.29) is 0 Å². The molecule has 0 amide bonds. The molecule has 1 fully saturated rings. The van der Waals surface area contributed by atoms with Gasteiger partial charge in [-0.15, -0.1) is 0 Å². The lowest BCUT2D eigenvalue weighted by molar-refractivity contribution is 0.0556. The van der Waals surface area contributed by atoms with Crippen LogP contribution >= 0.6 is 0 Å². The number of hydrogen-bond donors (Lipinski definition) is 1. The molecule has 2 nitrogen and oxygen atoms in total. The van der Waals surface area contributed by atoms with Crippen molar-refractivity contribution in [3.63, 3.8) is 0 Å². The summed E-state index contributed by atoms with van der Waals surface area (Å²) in [5, 5.41) is 3.45. The lowest BCUT2D eigenvalue weighted by Gasteiger charge is -2.11. The van der Waals surface area contributed by atoms with E-state index in [1.807, 2.05) is 0 Å². The highest BCUT2D eigenvalue weighted by Gasteiger charge is 2.14. The molecule has 0 bridgehead atoms. The Bertz CT molecular complexity index is 153. The number of unbranched alkanes of at least 4 members (excludes halogenated alkanes) is 3. The van der Waals surface area contributed by atoms with Gasteiger partial charge in [-0.1, -0.05) is 39.5 Å². The van der Waals surface area contributed by atoms with Gasteiger partial charge in [0.25, 0.3) is 0 Å². The fraction of sp³-hybridized carbons (Fsp3) is 1.00. The summed E-state index contributed by atoms with van der Waals surface area (Å²) in [7, 11) is 0. The third kappa shape index (κ3) is 7.24. The molecule has 0 atom stereocenters. The molecule has 1 aliphatic carbocycles. The van der Waals surface area contributed by atoms with Crippen LogP contribution < -0.4 is 5.32 Å². The Labute approximate surface area is 101 Å². The fourth-order valence-corrected chi connectivity index (χ4v) is 2.28. The Hall–Kier alpha value is -0.0800. The van der Waals surface area contributed by atoms with Crippen LogP contribution in [-0.2, 0) is 4.74 Å². The summed E-state index contributed by atoms with van der Waals surface area (Å²) >= 11 is 0. The molecule has 0 aromatic carbocycles. The third-order valence-corrected chi connectivity index (χ3v) is 3.28. The standard InChI is InChI=1S/C14H29NO/c1-13(2)15-11-7-3-4-8-12-16-14-9-5-6-10-14/h13-15H,3-12H2,1-2H3. The highest BCUT2D eigenvalue weighted by atomic mass is 16.5. The van der Waals surface area contributed by atoms with Crippen molar-refractivity contribution in [2.24, 2.45) is 0 Å². The molecule has 0 unspecified atom stereocenters. The van der Waals surface area contributed by atoms with Gasteiger partial charge in [-0.25, -0.2) is 0 Å². The van der Waals surface area contributed by atoms with Crippen LogP contribution in [-0.4, -0.2) is 25.3 Å². The van der Waals surface area contributed by atoms with Crippen LogP contribution in [0.3, 0.4) is 0 Å². The maximum absolute atomic E-state index is 5.83. The Morgan fingerprint density at radius 1 is 1.06 bits per heavy atom. The first kappa shape index (κ1) is 14.0. The van der Waals surface area contributed by atoms with Crippen LogP contribution in [0.2, 0.25) is 0 Å². The molecule has 0 spiro atoms. The molecule has 96 valence electrons. The molecular formula is C14H29NO. The first-order chi connectivity index (χ1) is 7.79. The van der Waals surface area contributed by atoms with Crippen molar-refractivity contribution in [3.8, 4) is 0 Å². The van der Waals surface area contributed by atoms with E-state index < -0.39 is 0 Å². The first-order valence-electron chi connectivity index (χ1n) is 7.14.